The van der Waals surface area contributed by atoms with Crippen molar-refractivity contribution >= 4 is 23.3 Å². The summed E-state index contributed by atoms with van der Waals surface area (Å²) in [5, 5.41) is 5.74. The Hall–Kier alpha value is -3.02. The van der Waals surface area contributed by atoms with Crippen LogP contribution in [0.1, 0.15) is 36.8 Å². The van der Waals surface area contributed by atoms with Gasteiger partial charge in [-0.3, -0.25) is 4.79 Å². The van der Waals surface area contributed by atoms with Crippen molar-refractivity contribution in [2.45, 2.75) is 38.6 Å². The topological polar surface area (TPSA) is 70.7 Å². The average Bonchev–Trinajstić information content (AvgIpc) is 3.42. The van der Waals surface area contributed by atoms with E-state index in [1.54, 1.807) is 7.11 Å². The molecule has 152 valence electrons. The van der Waals surface area contributed by atoms with E-state index in [9.17, 15) is 9.59 Å². The van der Waals surface area contributed by atoms with Crippen LogP contribution in [0.3, 0.4) is 0 Å². The van der Waals surface area contributed by atoms with Crippen LogP contribution in [0.4, 0.5) is 16.2 Å². The molecular formula is C23H27N3O3. The van der Waals surface area contributed by atoms with Crippen molar-refractivity contribution in [3.05, 3.63) is 53.6 Å². The highest BCUT2D eigenvalue weighted by atomic mass is 16.5. The van der Waals surface area contributed by atoms with Crippen LogP contribution >= 0.6 is 0 Å². The molecule has 2 aliphatic rings. The lowest BCUT2D eigenvalue weighted by Gasteiger charge is -2.21. The van der Waals surface area contributed by atoms with Crippen LogP contribution in [0.5, 0.6) is 5.75 Å². The number of rotatable bonds is 5. The van der Waals surface area contributed by atoms with Gasteiger partial charge in [0.2, 0.25) is 5.91 Å². The number of nitrogens with zero attached hydrogens (tertiary/aromatic N) is 1. The lowest BCUT2D eigenvalue weighted by molar-refractivity contribution is -0.122. The van der Waals surface area contributed by atoms with Gasteiger partial charge in [0, 0.05) is 30.4 Å². The first-order valence-corrected chi connectivity index (χ1v) is 10.3. The first kappa shape index (κ1) is 19.3. The monoisotopic (exact) mass is 393 g/mol. The third-order valence-corrected chi connectivity index (χ3v) is 5.82. The van der Waals surface area contributed by atoms with E-state index in [0.29, 0.717) is 12.2 Å². The summed E-state index contributed by atoms with van der Waals surface area (Å²) < 4.78 is 5.14. The zero-order valence-electron chi connectivity index (χ0n) is 16.7. The Bertz CT molecular complexity index is 889. The van der Waals surface area contributed by atoms with E-state index >= 15 is 0 Å². The van der Waals surface area contributed by atoms with Gasteiger partial charge in [0.05, 0.1) is 7.11 Å². The van der Waals surface area contributed by atoms with Crippen LogP contribution in [0.2, 0.25) is 0 Å². The number of ether oxygens (including phenoxy) is 1. The van der Waals surface area contributed by atoms with Crippen molar-refractivity contribution in [1.29, 1.82) is 0 Å². The maximum absolute atomic E-state index is 12.9. The number of methoxy groups -OCH3 is 1. The van der Waals surface area contributed by atoms with Gasteiger partial charge in [-0.15, -0.1) is 0 Å². The molecule has 0 radical (unpaired) electrons. The maximum Gasteiger partial charge on any atom is 0.319 e. The number of anilines is 2. The largest absolute Gasteiger partial charge is 0.497 e. The molecule has 6 heteroatoms. The smallest absolute Gasteiger partial charge is 0.319 e. The van der Waals surface area contributed by atoms with E-state index in [2.05, 4.69) is 10.6 Å². The molecule has 0 bridgehead atoms. The molecule has 2 aromatic rings. The molecule has 6 nitrogen and oxygen atoms in total. The summed E-state index contributed by atoms with van der Waals surface area (Å²) in [5.41, 5.74) is 3.79. The fourth-order valence-corrected chi connectivity index (χ4v) is 4.18. The van der Waals surface area contributed by atoms with Gasteiger partial charge < -0.3 is 20.3 Å². The Kier molecular flexibility index (Phi) is 5.69. The minimum atomic E-state index is -0.271. The van der Waals surface area contributed by atoms with Gasteiger partial charge in [-0.2, -0.15) is 0 Å². The number of hydrogen-bond acceptors (Lipinski definition) is 3. The molecule has 0 saturated heterocycles. The summed E-state index contributed by atoms with van der Waals surface area (Å²) in [6, 6.07) is 13.1. The van der Waals surface area contributed by atoms with E-state index in [1.807, 2.05) is 47.4 Å². The zero-order valence-corrected chi connectivity index (χ0v) is 16.7. The molecule has 29 heavy (non-hydrogen) atoms. The number of hydrogen-bond donors (Lipinski definition) is 2. The van der Waals surface area contributed by atoms with Gasteiger partial charge in [-0.1, -0.05) is 31.0 Å². The van der Waals surface area contributed by atoms with Crippen molar-refractivity contribution in [1.82, 2.24) is 5.32 Å². The number of urea groups is 1. The number of amides is 3. The lowest BCUT2D eigenvalue weighted by Crippen LogP contribution is -2.34. The van der Waals surface area contributed by atoms with E-state index in [1.165, 1.54) is 5.56 Å². The van der Waals surface area contributed by atoms with Crippen molar-refractivity contribution in [2.75, 3.05) is 23.9 Å². The van der Waals surface area contributed by atoms with Crippen LogP contribution in [-0.4, -0.2) is 25.6 Å². The van der Waals surface area contributed by atoms with Crippen molar-refractivity contribution in [2.24, 2.45) is 5.92 Å². The van der Waals surface area contributed by atoms with Crippen LogP contribution in [-0.2, 0) is 17.8 Å². The zero-order chi connectivity index (χ0) is 20.2. The highest BCUT2D eigenvalue weighted by molar-refractivity contribution is 5.98. The van der Waals surface area contributed by atoms with Gasteiger partial charge in [-0.05, 0) is 54.7 Å². The minimum absolute atomic E-state index is 0.158. The first-order chi connectivity index (χ1) is 14.1. The fourth-order valence-electron chi connectivity index (χ4n) is 4.18. The van der Waals surface area contributed by atoms with Crippen LogP contribution in [0.15, 0.2) is 42.5 Å². The van der Waals surface area contributed by atoms with Crippen molar-refractivity contribution < 1.29 is 14.3 Å². The second kappa shape index (κ2) is 8.55. The Morgan fingerprint density at radius 2 is 1.86 bits per heavy atom. The predicted molar refractivity (Wildman–Crippen MR) is 113 cm³/mol. The summed E-state index contributed by atoms with van der Waals surface area (Å²) in [7, 11) is 1.62. The van der Waals surface area contributed by atoms with E-state index in [0.717, 1.165) is 55.6 Å². The normalized spacial score (nSPS) is 15.8. The summed E-state index contributed by atoms with van der Waals surface area (Å²) in [6.45, 7) is 1.16. The molecule has 1 aliphatic carbocycles. The molecule has 1 saturated carbocycles. The molecule has 0 spiro atoms. The number of nitrogens with one attached hydrogen (secondary N) is 2. The quantitative estimate of drug-likeness (QED) is 0.804. The van der Waals surface area contributed by atoms with Gasteiger partial charge >= 0.3 is 6.03 Å². The number of carbonyl (C=O) groups is 2. The van der Waals surface area contributed by atoms with E-state index in [4.69, 9.17) is 4.74 Å². The van der Waals surface area contributed by atoms with Crippen molar-refractivity contribution in [3.8, 4) is 5.75 Å². The summed E-state index contributed by atoms with van der Waals surface area (Å²) >= 11 is 0. The van der Waals surface area contributed by atoms with Crippen LogP contribution < -0.4 is 20.3 Å². The Labute approximate surface area is 171 Å². The number of fused-ring (bicyclic) bond motifs is 1. The third-order valence-electron chi connectivity index (χ3n) is 5.82. The van der Waals surface area contributed by atoms with E-state index < -0.39 is 0 Å². The van der Waals surface area contributed by atoms with Gasteiger partial charge in [0.25, 0.3) is 0 Å². The second-order valence-electron chi connectivity index (χ2n) is 7.72. The SMILES string of the molecule is COc1ccc(CNC(=O)Nc2ccc3c(c2)N(C(=O)C2CCCC2)CC3)cc1. The van der Waals surface area contributed by atoms with Gasteiger partial charge in [0.1, 0.15) is 5.75 Å². The molecule has 1 heterocycles. The molecule has 1 fully saturated rings. The van der Waals surface area contributed by atoms with Crippen LogP contribution in [0.25, 0.3) is 0 Å². The Morgan fingerprint density at radius 3 is 2.59 bits per heavy atom. The molecule has 0 aromatic heterocycles. The Morgan fingerprint density at radius 1 is 1.10 bits per heavy atom. The second-order valence-corrected chi connectivity index (χ2v) is 7.72. The average molecular weight is 393 g/mol. The first-order valence-electron chi connectivity index (χ1n) is 10.3. The molecular weight excluding hydrogens is 366 g/mol. The van der Waals surface area contributed by atoms with Gasteiger partial charge in [-0.25, -0.2) is 4.79 Å². The third kappa shape index (κ3) is 4.36. The standard InChI is InChI=1S/C23H27N3O3/c1-29-20-10-6-16(7-11-20)15-24-23(28)25-19-9-8-17-12-13-26(21(17)14-19)22(27)18-4-2-3-5-18/h6-11,14,18H,2-5,12-13,15H2,1H3,(H2,24,25,28). The highest BCUT2D eigenvalue weighted by Gasteiger charge is 2.31. The summed E-state index contributed by atoms with van der Waals surface area (Å²) in [4.78, 5) is 27.1. The summed E-state index contributed by atoms with van der Waals surface area (Å²) in [6.07, 6.45) is 5.16. The molecule has 2 N–H and O–H groups in total. The molecule has 1 aliphatic heterocycles. The van der Waals surface area contributed by atoms with Crippen LogP contribution in [0, 0.1) is 5.92 Å². The molecule has 0 atom stereocenters. The Balaban J connectivity index is 1.37. The number of benzene rings is 2. The molecule has 3 amide bonds. The van der Waals surface area contributed by atoms with E-state index in [-0.39, 0.29) is 17.9 Å². The lowest BCUT2D eigenvalue weighted by atomic mass is 10.1. The molecule has 2 aromatic carbocycles. The predicted octanol–water partition coefficient (Wildman–Crippen LogP) is 4.10. The fraction of sp³-hybridized carbons (Fsp3) is 0.391. The summed E-state index contributed by atoms with van der Waals surface area (Å²) in [5.74, 6) is 1.18. The minimum Gasteiger partial charge on any atom is -0.497 e. The van der Waals surface area contributed by atoms with Gasteiger partial charge in [0.15, 0.2) is 0 Å². The highest BCUT2D eigenvalue weighted by Crippen LogP contribution is 2.35. The molecule has 4 rings (SSSR count). The molecule has 0 unspecified atom stereocenters. The maximum atomic E-state index is 12.9. The van der Waals surface area contributed by atoms with Crippen molar-refractivity contribution in [3.63, 3.8) is 0 Å². The number of carbonyl (C=O) groups excluding carboxylic acids is 2.